The number of nitriles is 1. The van der Waals surface area contributed by atoms with Crippen molar-refractivity contribution in [3.63, 3.8) is 0 Å². The Morgan fingerprint density at radius 3 is 2.74 bits per heavy atom. The molecule has 0 aliphatic carbocycles. The topological polar surface area (TPSA) is 61.0 Å². The van der Waals surface area contributed by atoms with Crippen LogP contribution in [0.25, 0.3) is 27.0 Å². The van der Waals surface area contributed by atoms with Gasteiger partial charge in [0.25, 0.3) is 0 Å². The summed E-state index contributed by atoms with van der Waals surface area (Å²) in [6, 6.07) is 11.8. The molecule has 0 radical (unpaired) electrons. The zero-order chi connectivity index (χ0) is 16.6. The summed E-state index contributed by atoms with van der Waals surface area (Å²) >= 11 is 6.20. The van der Waals surface area contributed by atoms with Gasteiger partial charge in [-0.1, -0.05) is 11.6 Å². The molecule has 1 N–H and O–H groups in total. The normalized spacial score (nSPS) is 10.3. The van der Waals surface area contributed by atoms with Gasteiger partial charge in [0.15, 0.2) is 11.1 Å². The fraction of sp³-hybridized carbons (Fsp3) is 0.0556. The molecule has 1 aromatic heterocycles. The number of hydrogen-bond acceptors (Lipinski definition) is 2. The molecule has 2 aromatic carbocycles. The van der Waals surface area contributed by atoms with E-state index in [-0.39, 0.29) is 5.43 Å². The predicted octanol–water partition coefficient (Wildman–Crippen LogP) is 4.58. The lowest BCUT2D eigenvalue weighted by Crippen LogP contribution is -2.03. The molecule has 0 saturated heterocycles. The first-order chi connectivity index (χ1) is 11.0. The van der Waals surface area contributed by atoms with Crippen LogP contribution in [0, 0.1) is 24.8 Å². The maximum atomic E-state index is 12.4. The van der Waals surface area contributed by atoms with Crippen molar-refractivity contribution in [2.45, 2.75) is 6.92 Å². The van der Waals surface area contributed by atoms with Gasteiger partial charge in [-0.25, -0.2) is 4.85 Å². The van der Waals surface area contributed by atoms with Gasteiger partial charge >= 0.3 is 0 Å². The van der Waals surface area contributed by atoms with Gasteiger partial charge in [0, 0.05) is 27.6 Å². The monoisotopic (exact) mass is 319 g/mol. The van der Waals surface area contributed by atoms with Crippen LogP contribution in [0.2, 0.25) is 5.02 Å². The number of H-pyrrole nitrogens is 1. The summed E-state index contributed by atoms with van der Waals surface area (Å²) in [6.45, 7) is 8.97. The van der Waals surface area contributed by atoms with E-state index in [1.165, 1.54) is 6.07 Å². The summed E-state index contributed by atoms with van der Waals surface area (Å²) in [7, 11) is 0. The predicted molar refractivity (Wildman–Crippen MR) is 90.7 cm³/mol. The third-order valence-corrected chi connectivity index (χ3v) is 3.98. The molecule has 5 heteroatoms. The van der Waals surface area contributed by atoms with Crippen LogP contribution >= 0.6 is 11.6 Å². The molecule has 0 bridgehead atoms. The average Bonchev–Trinajstić information content (AvgIpc) is 2.54. The van der Waals surface area contributed by atoms with Crippen LogP contribution in [0.1, 0.15) is 11.1 Å². The maximum absolute atomic E-state index is 12.4. The standard InChI is InChI=1S/C18H10ClN3O/c1-10-5-16-13(7-15(10)21-2)18(23)8-17(22-16)12-6-11(9-20)3-4-14(12)19/h3-8H,1H3,(H,22,23). The minimum absolute atomic E-state index is 0.197. The molecule has 1 heterocycles. The van der Waals surface area contributed by atoms with Gasteiger partial charge in [0.2, 0.25) is 0 Å². The lowest BCUT2D eigenvalue weighted by atomic mass is 10.0. The van der Waals surface area contributed by atoms with E-state index in [0.29, 0.717) is 38.4 Å². The van der Waals surface area contributed by atoms with Crippen molar-refractivity contribution in [1.29, 1.82) is 5.26 Å². The number of nitrogens with zero attached hydrogens (tertiary/aromatic N) is 2. The fourth-order valence-electron chi connectivity index (χ4n) is 2.46. The van der Waals surface area contributed by atoms with Crippen LogP contribution in [0.15, 0.2) is 41.2 Å². The summed E-state index contributed by atoms with van der Waals surface area (Å²) in [5.41, 5.74) is 3.28. The Kier molecular flexibility index (Phi) is 3.62. The Balaban J connectivity index is 2.32. The Morgan fingerprint density at radius 2 is 2.04 bits per heavy atom. The highest BCUT2D eigenvalue weighted by atomic mass is 35.5. The average molecular weight is 320 g/mol. The molecular formula is C18H10ClN3O. The minimum atomic E-state index is -0.197. The number of fused-ring (bicyclic) bond motifs is 1. The van der Waals surface area contributed by atoms with Gasteiger partial charge in [0.1, 0.15) is 0 Å². The Bertz CT molecular complexity index is 1080. The Hall–Kier alpha value is -3.08. The first-order valence-electron chi connectivity index (χ1n) is 6.78. The van der Waals surface area contributed by atoms with Gasteiger partial charge in [0.05, 0.1) is 23.9 Å². The largest absolute Gasteiger partial charge is 0.354 e. The third-order valence-electron chi connectivity index (χ3n) is 3.65. The van der Waals surface area contributed by atoms with Crippen molar-refractivity contribution < 1.29 is 0 Å². The van der Waals surface area contributed by atoms with Crippen LogP contribution < -0.4 is 5.43 Å². The molecule has 0 atom stereocenters. The quantitative estimate of drug-likeness (QED) is 0.667. The van der Waals surface area contributed by atoms with Crippen LogP contribution in [0.5, 0.6) is 0 Å². The van der Waals surface area contributed by atoms with E-state index in [4.69, 9.17) is 23.4 Å². The molecule has 3 aromatic rings. The van der Waals surface area contributed by atoms with Crippen molar-refractivity contribution in [3.05, 3.63) is 74.2 Å². The second kappa shape index (κ2) is 5.61. The third kappa shape index (κ3) is 2.57. The zero-order valence-electron chi connectivity index (χ0n) is 12.1. The van der Waals surface area contributed by atoms with E-state index in [9.17, 15) is 4.79 Å². The highest BCUT2D eigenvalue weighted by molar-refractivity contribution is 6.33. The first kappa shape index (κ1) is 14.8. The molecule has 3 rings (SSSR count). The summed E-state index contributed by atoms with van der Waals surface area (Å²) in [6.07, 6.45) is 0. The van der Waals surface area contributed by atoms with E-state index < -0.39 is 0 Å². The molecule has 0 unspecified atom stereocenters. The zero-order valence-corrected chi connectivity index (χ0v) is 12.9. The van der Waals surface area contributed by atoms with Crippen LogP contribution in [0.3, 0.4) is 0 Å². The molecular weight excluding hydrogens is 310 g/mol. The summed E-state index contributed by atoms with van der Waals surface area (Å²) < 4.78 is 0. The lowest BCUT2D eigenvalue weighted by Gasteiger charge is -2.08. The van der Waals surface area contributed by atoms with E-state index in [0.717, 1.165) is 5.56 Å². The summed E-state index contributed by atoms with van der Waals surface area (Å²) in [5.74, 6) is 0. The molecule has 23 heavy (non-hydrogen) atoms. The number of aryl methyl sites for hydroxylation is 1. The fourth-order valence-corrected chi connectivity index (χ4v) is 2.68. The van der Waals surface area contributed by atoms with Crippen molar-refractivity contribution in [1.82, 2.24) is 4.98 Å². The smallest absolute Gasteiger partial charge is 0.191 e. The minimum Gasteiger partial charge on any atom is -0.354 e. The highest BCUT2D eigenvalue weighted by Crippen LogP contribution is 2.29. The van der Waals surface area contributed by atoms with Crippen molar-refractivity contribution >= 4 is 28.2 Å². The van der Waals surface area contributed by atoms with Gasteiger partial charge in [-0.05, 0) is 42.8 Å². The van der Waals surface area contributed by atoms with Gasteiger partial charge < -0.3 is 4.98 Å². The lowest BCUT2D eigenvalue weighted by molar-refractivity contribution is 1.36. The van der Waals surface area contributed by atoms with E-state index in [2.05, 4.69) is 15.9 Å². The molecule has 0 spiro atoms. The number of pyridine rings is 1. The van der Waals surface area contributed by atoms with Crippen molar-refractivity contribution in [2.24, 2.45) is 0 Å². The van der Waals surface area contributed by atoms with E-state index in [1.807, 2.05) is 6.92 Å². The molecule has 110 valence electrons. The number of nitrogens with one attached hydrogen (secondary N) is 1. The second-order valence-corrected chi connectivity index (χ2v) is 5.56. The van der Waals surface area contributed by atoms with Crippen molar-refractivity contribution in [3.8, 4) is 17.3 Å². The second-order valence-electron chi connectivity index (χ2n) is 5.15. The maximum Gasteiger partial charge on any atom is 0.191 e. The Labute approximate surface area is 137 Å². The summed E-state index contributed by atoms with van der Waals surface area (Å²) in [5, 5.41) is 9.94. The van der Waals surface area contributed by atoms with Crippen LogP contribution in [-0.4, -0.2) is 4.98 Å². The molecule has 4 nitrogen and oxygen atoms in total. The van der Waals surface area contributed by atoms with Gasteiger partial charge in [-0.15, -0.1) is 0 Å². The molecule has 0 aliphatic rings. The Morgan fingerprint density at radius 1 is 1.26 bits per heavy atom. The molecule has 0 fully saturated rings. The SMILES string of the molecule is [C-]#[N+]c1cc2c(=O)cc(-c3cc(C#N)ccc3Cl)[nH]c2cc1C. The van der Waals surface area contributed by atoms with Crippen molar-refractivity contribution in [2.75, 3.05) is 0 Å². The van der Waals surface area contributed by atoms with E-state index >= 15 is 0 Å². The van der Waals surface area contributed by atoms with Crippen LogP contribution in [-0.2, 0) is 0 Å². The number of halogens is 1. The number of hydrogen-bond donors (Lipinski definition) is 1. The van der Waals surface area contributed by atoms with Gasteiger partial charge in [-0.3, -0.25) is 4.79 Å². The number of benzene rings is 2. The first-order valence-corrected chi connectivity index (χ1v) is 7.16. The number of aromatic amines is 1. The molecule has 0 aliphatic heterocycles. The highest BCUT2D eigenvalue weighted by Gasteiger charge is 2.10. The molecule has 0 amide bonds. The van der Waals surface area contributed by atoms with E-state index in [1.54, 1.807) is 30.3 Å². The molecule has 0 saturated carbocycles. The van der Waals surface area contributed by atoms with Gasteiger partial charge in [-0.2, -0.15) is 5.26 Å². The number of aromatic nitrogens is 1. The number of rotatable bonds is 1. The van der Waals surface area contributed by atoms with Crippen LogP contribution in [0.4, 0.5) is 5.69 Å². The summed E-state index contributed by atoms with van der Waals surface area (Å²) in [4.78, 5) is 19.0.